The Hall–Kier alpha value is -2.11. The molecule has 0 atom stereocenters. The van der Waals surface area contributed by atoms with Crippen LogP contribution >= 0.6 is 0 Å². The van der Waals surface area contributed by atoms with E-state index in [4.69, 9.17) is 0 Å². The third kappa shape index (κ3) is 6.74. The van der Waals surface area contributed by atoms with E-state index >= 15 is 0 Å². The molecule has 0 aliphatic rings. The lowest BCUT2D eigenvalue weighted by molar-refractivity contribution is -0.120. The molecule has 0 saturated carbocycles. The largest absolute Gasteiger partial charge is 0.385 e. The van der Waals surface area contributed by atoms with E-state index in [2.05, 4.69) is 27.9 Å². The smallest absolute Gasteiger partial charge is 0.269 e. The Morgan fingerprint density at radius 2 is 1.86 bits per heavy atom. The molecule has 116 valence electrons. The van der Waals surface area contributed by atoms with Gasteiger partial charge in [0.15, 0.2) is 0 Å². The quantitative estimate of drug-likeness (QED) is 0.645. The number of pyridine rings is 1. The third-order valence-electron chi connectivity index (χ3n) is 2.78. The molecule has 1 rings (SSSR count). The topological polar surface area (TPSA) is 83.1 Å². The van der Waals surface area contributed by atoms with Crippen LogP contribution in [0.5, 0.6) is 0 Å². The van der Waals surface area contributed by atoms with Crippen molar-refractivity contribution >= 4 is 17.5 Å². The van der Waals surface area contributed by atoms with Gasteiger partial charge < -0.3 is 16.0 Å². The molecule has 0 aliphatic heterocycles. The van der Waals surface area contributed by atoms with E-state index in [1.165, 1.54) is 0 Å². The molecular formula is C15H24N4O2. The van der Waals surface area contributed by atoms with E-state index in [0.717, 1.165) is 25.1 Å². The van der Waals surface area contributed by atoms with Crippen molar-refractivity contribution < 1.29 is 9.59 Å². The van der Waals surface area contributed by atoms with Gasteiger partial charge >= 0.3 is 0 Å². The van der Waals surface area contributed by atoms with Crippen LogP contribution in [-0.4, -0.2) is 36.4 Å². The second kappa shape index (κ2) is 9.74. The molecule has 0 bridgehead atoms. The summed E-state index contributed by atoms with van der Waals surface area (Å²) in [5.74, 6) is -0.318. The normalized spacial score (nSPS) is 10.0. The zero-order valence-electron chi connectivity index (χ0n) is 12.7. The Labute approximate surface area is 125 Å². The van der Waals surface area contributed by atoms with Crippen molar-refractivity contribution in [1.82, 2.24) is 15.6 Å². The monoisotopic (exact) mass is 292 g/mol. The van der Waals surface area contributed by atoms with Gasteiger partial charge in [0.2, 0.25) is 5.91 Å². The first-order chi connectivity index (χ1) is 10.2. The van der Waals surface area contributed by atoms with E-state index in [9.17, 15) is 9.59 Å². The Kier molecular flexibility index (Phi) is 7.86. The number of hydrogen-bond donors (Lipinski definition) is 3. The van der Waals surface area contributed by atoms with Gasteiger partial charge in [0.1, 0.15) is 5.69 Å². The Bertz CT molecular complexity index is 463. The van der Waals surface area contributed by atoms with Crippen molar-refractivity contribution in [3.63, 3.8) is 0 Å². The lowest BCUT2D eigenvalue weighted by atomic mass is 10.3. The van der Waals surface area contributed by atoms with E-state index in [1.807, 2.05) is 13.0 Å². The van der Waals surface area contributed by atoms with Gasteiger partial charge in [-0.2, -0.15) is 0 Å². The number of hydrogen-bond acceptors (Lipinski definition) is 4. The molecule has 1 aromatic heterocycles. The van der Waals surface area contributed by atoms with Gasteiger partial charge in [-0.05, 0) is 25.0 Å². The van der Waals surface area contributed by atoms with Gasteiger partial charge in [-0.25, -0.2) is 0 Å². The summed E-state index contributed by atoms with van der Waals surface area (Å²) >= 11 is 0. The minimum Gasteiger partial charge on any atom is -0.385 e. The van der Waals surface area contributed by atoms with E-state index in [0.29, 0.717) is 18.8 Å². The molecule has 0 spiro atoms. The first-order valence-electron chi connectivity index (χ1n) is 7.42. The predicted octanol–water partition coefficient (Wildman–Crippen LogP) is 1.55. The van der Waals surface area contributed by atoms with Gasteiger partial charge in [0.05, 0.1) is 0 Å². The fourth-order valence-corrected chi connectivity index (χ4v) is 1.67. The minimum atomic E-state index is -0.265. The van der Waals surface area contributed by atoms with Crippen LogP contribution in [0.3, 0.4) is 0 Å². The van der Waals surface area contributed by atoms with Crippen LogP contribution in [0.2, 0.25) is 0 Å². The van der Waals surface area contributed by atoms with Crippen molar-refractivity contribution in [2.75, 3.05) is 25.0 Å². The second-order valence-corrected chi connectivity index (χ2v) is 4.71. The number of anilines is 1. The molecule has 0 radical (unpaired) electrons. The van der Waals surface area contributed by atoms with Crippen LogP contribution in [0.15, 0.2) is 18.3 Å². The van der Waals surface area contributed by atoms with Crippen LogP contribution < -0.4 is 16.0 Å². The summed E-state index contributed by atoms with van der Waals surface area (Å²) in [5, 5.41) is 8.66. The molecule has 21 heavy (non-hydrogen) atoms. The maximum atomic E-state index is 11.9. The van der Waals surface area contributed by atoms with E-state index in [1.54, 1.807) is 12.3 Å². The highest BCUT2D eigenvalue weighted by atomic mass is 16.2. The Morgan fingerprint density at radius 1 is 1.10 bits per heavy atom. The summed E-state index contributed by atoms with van der Waals surface area (Å²) in [7, 11) is 0. The molecule has 0 fully saturated rings. The Morgan fingerprint density at radius 3 is 2.57 bits per heavy atom. The number of carbonyl (C=O) groups is 2. The van der Waals surface area contributed by atoms with Crippen LogP contribution in [0.25, 0.3) is 0 Å². The summed E-state index contributed by atoms with van der Waals surface area (Å²) in [4.78, 5) is 27.4. The SMILES string of the molecule is CCCNC(=O)CCNC(=O)c1cc(NCCC)ccn1. The number of nitrogens with zero attached hydrogens (tertiary/aromatic N) is 1. The molecule has 1 heterocycles. The molecule has 0 aromatic carbocycles. The van der Waals surface area contributed by atoms with Gasteiger partial charge in [-0.15, -0.1) is 0 Å². The minimum absolute atomic E-state index is 0.0523. The highest BCUT2D eigenvalue weighted by Crippen LogP contribution is 2.07. The number of rotatable bonds is 9. The van der Waals surface area contributed by atoms with Gasteiger partial charge in [-0.3, -0.25) is 14.6 Å². The highest BCUT2D eigenvalue weighted by molar-refractivity contribution is 5.93. The highest BCUT2D eigenvalue weighted by Gasteiger charge is 2.08. The molecule has 6 nitrogen and oxygen atoms in total. The van der Waals surface area contributed by atoms with Crippen LogP contribution in [0.4, 0.5) is 5.69 Å². The average molecular weight is 292 g/mol. The first-order valence-corrected chi connectivity index (χ1v) is 7.42. The molecule has 0 saturated heterocycles. The summed E-state index contributed by atoms with van der Waals surface area (Å²) in [5.41, 5.74) is 1.22. The zero-order chi connectivity index (χ0) is 15.5. The number of nitrogens with one attached hydrogen (secondary N) is 3. The van der Waals surface area contributed by atoms with Gasteiger partial charge in [-0.1, -0.05) is 13.8 Å². The molecular weight excluding hydrogens is 268 g/mol. The molecule has 3 N–H and O–H groups in total. The second-order valence-electron chi connectivity index (χ2n) is 4.71. The van der Waals surface area contributed by atoms with Gasteiger partial charge in [0, 0.05) is 37.9 Å². The summed E-state index contributed by atoms with van der Waals surface area (Å²) < 4.78 is 0. The number of carbonyl (C=O) groups excluding carboxylic acids is 2. The first kappa shape index (κ1) is 16.9. The fourth-order valence-electron chi connectivity index (χ4n) is 1.67. The maximum Gasteiger partial charge on any atom is 0.269 e. The lowest BCUT2D eigenvalue weighted by Gasteiger charge is -2.08. The maximum absolute atomic E-state index is 11.9. The summed E-state index contributed by atoms with van der Waals surface area (Å²) in [6.07, 6.45) is 3.79. The molecule has 0 unspecified atom stereocenters. The average Bonchev–Trinajstić information content (AvgIpc) is 2.51. The van der Waals surface area contributed by atoms with Crippen LogP contribution in [0, 0.1) is 0 Å². The standard InChI is InChI=1S/C15H24N4O2/c1-3-7-16-12-5-9-17-13(11-12)15(21)19-10-6-14(20)18-8-4-2/h5,9,11H,3-4,6-8,10H2,1-2H3,(H,16,17)(H,18,20)(H,19,21). The van der Waals surface area contributed by atoms with Crippen molar-refractivity contribution in [2.45, 2.75) is 33.1 Å². The number of aromatic nitrogens is 1. The van der Waals surface area contributed by atoms with E-state index in [-0.39, 0.29) is 18.2 Å². The van der Waals surface area contributed by atoms with Gasteiger partial charge in [0.25, 0.3) is 5.91 Å². The van der Waals surface area contributed by atoms with Crippen molar-refractivity contribution in [3.8, 4) is 0 Å². The molecule has 2 amide bonds. The van der Waals surface area contributed by atoms with Crippen LogP contribution in [0.1, 0.15) is 43.6 Å². The van der Waals surface area contributed by atoms with E-state index < -0.39 is 0 Å². The number of amides is 2. The van der Waals surface area contributed by atoms with Crippen molar-refractivity contribution in [1.29, 1.82) is 0 Å². The molecule has 6 heteroatoms. The zero-order valence-corrected chi connectivity index (χ0v) is 12.7. The fraction of sp³-hybridized carbons (Fsp3) is 0.533. The van der Waals surface area contributed by atoms with Crippen molar-refractivity contribution in [2.24, 2.45) is 0 Å². The Balaban J connectivity index is 2.39. The summed E-state index contributed by atoms with van der Waals surface area (Å²) in [6, 6.07) is 3.53. The summed E-state index contributed by atoms with van der Waals surface area (Å²) in [6.45, 7) is 5.89. The lowest BCUT2D eigenvalue weighted by Crippen LogP contribution is -2.31. The van der Waals surface area contributed by atoms with Crippen molar-refractivity contribution in [3.05, 3.63) is 24.0 Å². The molecule has 0 aliphatic carbocycles. The van der Waals surface area contributed by atoms with Crippen LogP contribution in [-0.2, 0) is 4.79 Å². The molecule has 1 aromatic rings. The third-order valence-corrected chi connectivity index (χ3v) is 2.78. The predicted molar refractivity (Wildman–Crippen MR) is 83.3 cm³/mol.